The molecule has 0 aliphatic rings. The molecule has 0 atom stereocenters. The van der Waals surface area contributed by atoms with Gasteiger partial charge in [-0.25, -0.2) is 9.59 Å². The summed E-state index contributed by atoms with van der Waals surface area (Å²) in [5.74, 6) is -1.01. The lowest BCUT2D eigenvalue weighted by Gasteiger charge is -2.07. The van der Waals surface area contributed by atoms with Crippen LogP contribution in [0.4, 0.5) is 5.69 Å². The van der Waals surface area contributed by atoms with Crippen LogP contribution in [0.2, 0.25) is 0 Å². The number of anilines is 1. The van der Waals surface area contributed by atoms with E-state index in [0.29, 0.717) is 17.9 Å². The highest BCUT2D eigenvalue weighted by Gasteiger charge is 2.13. The lowest BCUT2D eigenvalue weighted by atomic mass is 10.2. The number of carbonyl (C=O) groups is 2. The molecule has 8 heteroatoms. The van der Waals surface area contributed by atoms with Crippen LogP contribution in [0.1, 0.15) is 20.8 Å². The van der Waals surface area contributed by atoms with Gasteiger partial charge in [0.25, 0.3) is 0 Å². The van der Waals surface area contributed by atoms with Gasteiger partial charge in [0.1, 0.15) is 12.4 Å². The summed E-state index contributed by atoms with van der Waals surface area (Å²) >= 11 is 0. The highest BCUT2D eigenvalue weighted by atomic mass is 16.5. The number of carbonyl (C=O) groups excluding carboxylic acids is 1. The SMILES string of the molecule is COC(=O)c1ccc(OCCn2cc(N)c(C(=O)O)n2)cc1. The number of nitrogens with zero attached hydrogens (tertiary/aromatic N) is 2. The average Bonchev–Trinajstić information content (AvgIpc) is 2.88. The largest absolute Gasteiger partial charge is 0.492 e. The van der Waals surface area contributed by atoms with E-state index in [0.717, 1.165) is 0 Å². The number of carboxylic acid groups (broad SMARTS) is 1. The van der Waals surface area contributed by atoms with Crippen molar-refractivity contribution in [3.05, 3.63) is 41.7 Å². The lowest BCUT2D eigenvalue weighted by Crippen LogP contribution is -2.10. The molecule has 3 N–H and O–H groups in total. The summed E-state index contributed by atoms with van der Waals surface area (Å²) in [5, 5.41) is 12.7. The molecule has 1 aromatic heterocycles. The fraction of sp³-hybridized carbons (Fsp3) is 0.214. The number of esters is 1. The molecule has 2 rings (SSSR count). The van der Waals surface area contributed by atoms with Gasteiger partial charge in [0.15, 0.2) is 5.69 Å². The third-order valence-electron chi connectivity index (χ3n) is 2.86. The highest BCUT2D eigenvalue weighted by molar-refractivity contribution is 5.91. The molecule has 0 aliphatic carbocycles. The molecular weight excluding hydrogens is 290 g/mol. The molecule has 0 fully saturated rings. The monoisotopic (exact) mass is 305 g/mol. The number of hydrogen-bond acceptors (Lipinski definition) is 6. The number of hydrogen-bond donors (Lipinski definition) is 2. The van der Waals surface area contributed by atoms with E-state index in [-0.39, 0.29) is 18.0 Å². The Labute approximate surface area is 126 Å². The first-order valence-electron chi connectivity index (χ1n) is 6.38. The summed E-state index contributed by atoms with van der Waals surface area (Å²) in [5.41, 5.74) is 5.89. The van der Waals surface area contributed by atoms with E-state index < -0.39 is 11.9 Å². The van der Waals surface area contributed by atoms with Gasteiger partial charge in [0, 0.05) is 6.20 Å². The zero-order chi connectivity index (χ0) is 16.1. The maximum atomic E-state index is 11.3. The second kappa shape index (κ2) is 6.61. The van der Waals surface area contributed by atoms with Crippen molar-refractivity contribution in [2.75, 3.05) is 19.5 Å². The van der Waals surface area contributed by atoms with Gasteiger partial charge in [-0.15, -0.1) is 0 Å². The highest BCUT2D eigenvalue weighted by Crippen LogP contribution is 2.13. The minimum Gasteiger partial charge on any atom is -0.492 e. The van der Waals surface area contributed by atoms with E-state index in [1.807, 2.05) is 0 Å². The third kappa shape index (κ3) is 3.54. The van der Waals surface area contributed by atoms with Crippen molar-refractivity contribution in [2.45, 2.75) is 6.54 Å². The van der Waals surface area contributed by atoms with E-state index in [2.05, 4.69) is 9.84 Å². The molecular formula is C14H15N3O5. The smallest absolute Gasteiger partial charge is 0.358 e. The summed E-state index contributed by atoms with van der Waals surface area (Å²) in [6, 6.07) is 6.48. The number of carboxylic acids is 1. The zero-order valence-corrected chi connectivity index (χ0v) is 11.9. The van der Waals surface area contributed by atoms with Crippen molar-refractivity contribution in [1.29, 1.82) is 0 Å². The van der Waals surface area contributed by atoms with Crippen molar-refractivity contribution in [1.82, 2.24) is 9.78 Å². The molecule has 116 valence electrons. The number of nitrogens with two attached hydrogens (primary N) is 1. The van der Waals surface area contributed by atoms with Gasteiger partial charge in [0.05, 0.1) is 24.9 Å². The molecule has 22 heavy (non-hydrogen) atoms. The number of aromatic nitrogens is 2. The maximum Gasteiger partial charge on any atom is 0.358 e. The summed E-state index contributed by atoms with van der Waals surface area (Å²) < 4.78 is 11.5. The molecule has 2 aromatic rings. The Kier molecular flexibility index (Phi) is 4.62. The van der Waals surface area contributed by atoms with Gasteiger partial charge in [-0.05, 0) is 24.3 Å². The summed E-state index contributed by atoms with van der Waals surface area (Å²) in [6.07, 6.45) is 1.44. The van der Waals surface area contributed by atoms with E-state index in [1.165, 1.54) is 18.0 Å². The van der Waals surface area contributed by atoms with E-state index >= 15 is 0 Å². The number of aromatic carboxylic acids is 1. The predicted octanol–water partition coefficient (Wildman–Crippen LogP) is 1.03. The van der Waals surface area contributed by atoms with Gasteiger partial charge in [-0.1, -0.05) is 0 Å². The van der Waals surface area contributed by atoms with Gasteiger partial charge in [-0.3, -0.25) is 4.68 Å². The zero-order valence-electron chi connectivity index (χ0n) is 11.9. The molecule has 0 spiro atoms. The van der Waals surface area contributed by atoms with Crippen LogP contribution in [0, 0.1) is 0 Å². The minimum absolute atomic E-state index is 0.106. The first-order chi connectivity index (χ1) is 10.5. The van der Waals surface area contributed by atoms with E-state index in [1.54, 1.807) is 24.3 Å². The summed E-state index contributed by atoms with van der Waals surface area (Å²) in [6.45, 7) is 0.619. The minimum atomic E-state index is -1.17. The standard InChI is InChI=1S/C14H15N3O5/c1-21-14(20)9-2-4-10(5-3-9)22-7-6-17-8-11(15)12(16-17)13(18)19/h2-5,8H,6-7,15H2,1H3,(H,18,19). The van der Waals surface area contributed by atoms with Crippen molar-refractivity contribution >= 4 is 17.6 Å². The number of rotatable bonds is 6. The molecule has 8 nitrogen and oxygen atoms in total. The normalized spacial score (nSPS) is 10.2. The van der Waals surface area contributed by atoms with Crippen molar-refractivity contribution in [2.24, 2.45) is 0 Å². The second-order valence-electron chi connectivity index (χ2n) is 4.37. The first kappa shape index (κ1) is 15.4. The molecule has 0 bridgehead atoms. The van der Waals surface area contributed by atoms with E-state index in [4.69, 9.17) is 15.6 Å². The fourth-order valence-electron chi connectivity index (χ4n) is 1.78. The first-order valence-corrected chi connectivity index (χ1v) is 6.38. The summed E-state index contributed by atoms with van der Waals surface area (Å²) in [4.78, 5) is 22.1. The Hall–Kier alpha value is -3.03. The second-order valence-corrected chi connectivity index (χ2v) is 4.37. The predicted molar refractivity (Wildman–Crippen MR) is 76.9 cm³/mol. The topological polar surface area (TPSA) is 117 Å². The van der Waals surface area contributed by atoms with Gasteiger partial charge in [-0.2, -0.15) is 5.10 Å². The molecule has 0 saturated heterocycles. The third-order valence-corrected chi connectivity index (χ3v) is 2.86. The maximum absolute atomic E-state index is 11.3. The van der Waals surface area contributed by atoms with Crippen LogP contribution in [0.5, 0.6) is 5.75 Å². The molecule has 0 radical (unpaired) electrons. The molecule has 1 heterocycles. The molecule has 1 aromatic carbocycles. The van der Waals surface area contributed by atoms with Crippen LogP contribution < -0.4 is 10.5 Å². The molecule has 0 unspecified atom stereocenters. The van der Waals surface area contributed by atoms with Crippen LogP contribution in [0.3, 0.4) is 0 Å². The van der Waals surface area contributed by atoms with E-state index in [9.17, 15) is 9.59 Å². The van der Waals surface area contributed by atoms with Crippen LogP contribution in [0.15, 0.2) is 30.5 Å². The Bertz CT molecular complexity index is 678. The van der Waals surface area contributed by atoms with Gasteiger partial charge < -0.3 is 20.3 Å². The average molecular weight is 305 g/mol. The van der Waals surface area contributed by atoms with Crippen LogP contribution in [0.25, 0.3) is 0 Å². The Morgan fingerprint density at radius 2 is 2.00 bits per heavy atom. The van der Waals surface area contributed by atoms with Crippen molar-refractivity contribution < 1.29 is 24.2 Å². The van der Waals surface area contributed by atoms with Crippen LogP contribution in [-0.2, 0) is 11.3 Å². The fourth-order valence-corrected chi connectivity index (χ4v) is 1.78. The molecule has 0 saturated carbocycles. The van der Waals surface area contributed by atoms with Crippen LogP contribution >= 0.6 is 0 Å². The Morgan fingerprint density at radius 3 is 2.55 bits per heavy atom. The van der Waals surface area contributed by atoms with Crippen molar-refractivity contribution in [3.63, 3.8) is 0 Å². The molecule has 0 amide bonds. The van der Waals surface area contributed by atoms with Crippen molar-refractivity contribution in [3.8, 4) is 5.75 Å². The molecule has 0 aliphatic heterocycles. The number of benzene rings is 1. The van der Waals surface area contributed by atoms with Gasteiger partial charge >= 0.3 is 11.9 Å². The Morgan fingerprint density at radius 1 is 1.32 bits per heavy atom. The number of methoxy groups -OCH3 is 1. The lowest BCUT2D eigenvalue weighted by molar-refractivity contribution is 0.0599. The van der Waals surface area contributed by atoms with Gasteiger partial charge in [0.2, 0.25) is 0 Å². The number of nitrogen functional groups attached to an aromatic ring is 1. The van der Waals surface area contributed by atoms with Crippen LogP contribution in [-0.4, -0.2) is 40.5 Å². The quantitative estimate of drug-likeness (QED) is 0.765. The number of ether oxygens (including phenoxy) is 2. The summed E-state index contributed by atoms with van der Waals surface area (Å²) in [7, 11) is 1.31. The Balaban J connectivity index is 1.90.